The summed E-state index contributed by atoms with van der Waals surface area (Å²) in [4.78, 5) is 40.0. The van der Waals surface area contributed by atoms with Crippen LogP contribution in [0.15, 0.2) is 24.3 Å². The fourth-order valence-corrected chi connectivity index (χ4v) is 8.73. The quantitative estimate of drug-likeness (QED) is 0.279. The molecule has 0 bridgehead atoms. The number of hydrogen-bond acceptors (Lipinski definition) is 7. The largest absolute Gasteiger partial charge is 0.453 e. The van der Waals surface area contributed by atoms with E-state index in [1.807, 2.05) is 9.80 Å². The van der Waals surface area contributed by atoms with Crippen molar-refractivity contribution in [2.24, 2.45) is 5.92 Å². The van der Waals surface area contributed by atoms with Gasteiger partial charge in [0.05, 0.1) is 36.3 Å². The number of imidazole rings is 1. The minimum Gasteiger partial charge on any atom is -0.453 e. The summed E-state index contributed by atoms with van der Waals surface area (Å²) in [6.07, 6.45) is 6.42. The second-order valence-corrected chi connectivity index (χ2v) is 14.0. The predicted molar refractivity (Wildman–Crippen MR) is 179 cm³/mol. The van der Waals surface area contributed by atoms with Crippen molar-refractivity contribution in [3.8, 4) is 0 Å². The van der Waals surface area contributed by atoms with E-state index in [1.54, 1.807) is 17.9 Å². The topological polar surface area (TPSA) is 103 Å². The Morgan fingerprint density at radius 3 is 2.39 bits per heavy atom. The number of aromatic amines is 1. The Hall–Kier alpha value is -4.00. The molecule has 6 atom stereocenters. The molecule has 3 aliphatic heterocycles. The highest BCUT2D eigenvalue weighted by atomic mass is 19.1. The first-order valence-electron chi connectivity index (χ1n) is 17.6. The van der Waals surface area contributed by atoms with E-state index in [1.165, 1.54) is 32.4 Å². The standard InChI is InChI=1S/C36H45F3N6O4/c1-20(48-2)32(42-36(47)49-3)35(46)45-29-10-7-9-21(29)15-31(45)34-40-27-18-23(24(37)19-28(27)41-34)30-11-8-14-44(30)22-16-25(38)33(26(39)17-22)43-12-5-4-6-13-43/h16-21,29-32H,4-15H2,1-3H3,(H,40,41)(H,42,47)/t20-,21+,29+,30-,31+,32+/m1/s1. The number of amides is 2. The summed E-state index contributed by atoms with van der Waals surface area (Å²) in [6, 6.07) is 4.10. The van der Waals surface area contributed by atoms with E-state index in [2.05, 4.69) is 10.3 Å². The van der Waals surface area contributed by atoms with Crippen LogP contribution in [0.2, 0.25) is 0 Å². The molecule has 49 heavy (non-hydrogen) atoms. The number of fused-ring (bicyclic) bond motifs is 2. The van der Waals surface area contributed by atoms with Crippen molar-refractivity contribution < 1.29 is 32.2 Å². The molecule has 3 saturated heterocycles. The maximum absolute atomic E-state index is 15.9. The number of carbonyl (C=O) groups is 2. The molecule has 13 heteroatoms. The third-order valence-electron chi connectivity index (χ3n) is 11.2. The number of anilines is 2. The molecule has 0 radical (unpaired) electrons. The number of rotatable bonds is 8. The van der Waals surface area contributed by atoms with Gasteiger partial charge in [0.25, 0.3) is 0 Å². The summed E-state index contributed by atoms with van der Waals surface area (Å²) < 4.78 is 57.0. The normalized spacial score (nSPS) is 25.1. The molecule has 0 unspecified atom stereocenters. The molecule has 4 aliphatic rings. The average Bonchev–Trinajstić information content (AvgIpc) is 3.90. The first-order valence-corrected chi connectivity index (χ1v) is 17.6. The van der Waals surface area contributed by atoms with E-state index in [-0.39, 0.29) is 23.6 Å². The summed E-state index contributed by atoms with van der Waals surface area (Å²) in [5.41, 5.74) is 1.89. The van der Waals surface area contributed by atoms with Gasteiger partial charge in [-0.3, -0.25) is 4.79 Å². The number of nitrogens with one attached hydrogen (secondary N) is 2. The monoisotopic (exact) mass is 682 g/mol. The van der Waals surface area contributed by atoms with Gasteiger partial charge in [-0.1, -0.05) is 6.42 Å². The number of halogens is 3. The van der Waals surface area contributed by atoms with Gasteiger partial charge in [-0.15, -0.1) is 0 Å². The minimum absolute atomic E-state index is 0.0156. The van der Waals surface area contributed by atoms with Crippen LogP contribution in [0.1, 0.15) is 88.2 Å². The summed E-state index contributed by atoms with van der Waals surface area (Å²) in [5, 5.41) is 2.65. The highest BCUT2D eigenvalue weighted by molar-refractivity contribution is 5.87. The SMILES string of the molecule is COC(=O)N[C@H](C(=O)N1[C@H](c2nc3cc(F)c([C@H]4CCCN4c4cc(F)c(N5CCCCC5)c(F)c4)cc3[nH]2)C[C@@H]2CCC[C@@H]21)[C@@H](C)OC. The van der Waals surface area contributed by atoms with Gasteiger partial charge in [-0.05, 0) is 82.4 Å². The van der Waals surface area contributed by atoms with Crippen LogP contribution in [-0.4, -0.2) is 78.9 Å². The molecule has 7 rings (SSSR count). The van der Waals surface area contributed by atoms with Gasteiger partial charge in [0.15, 0.2) is 11.6 Å². The number of aromatic nitrogens is 2. The molecule has 0 spiro atoms. The van der Waals surface area contributed by atoms with Crippen molar-refractivity contribution in [2.45, 2.75) is 95.0 Å². The lowest BCUT2D eigenvalue weighted by atomic mass is 10.0. The number of methoxy groups -OCH3 is 2. The van der Waals surface area contributed by atoms with Gasteiger partial charge in [0.1, 0.15) is 23.4 Å². The fraction of sp³-hybridized carbons (Fsp3) is 0.583. The lowest BCUT2D eigenvalue weighted by Crippen LogP contribution is -2.55. The molecular formula is C36H45F3N6O4. The van der Waals surface area contributed by atoms with E-state index in [0.29, 0.717) is 60.6 Å². The third kappa shape index (κ3) is 6.19. The number of hydrogen-bond donors (Lipinski definition) is 2. The van der Waals surface area contributed by atoms with Crippen molar-refractivity contribution in [3.63, 3.8) is 0 Å². The van der Waals surface area contributed by atoms with E-state index < -0.39 is 47.8 Å². The van der Waals surface area contributed by atoms with Crippen LogP contribution in [-0.2, 0) is 14.3 Å². The Balaban J connectivity index is 1.18. The number of benzene rings is 2. The fourth-order valence-electron chi connectivity index (χ4n) is 8.73. The second-order valence-electron chi connectivity index (χ2n) is 14.0. The lowest BCUT2D eigenvalue weighted by molar-refractivity contribution is -0.140. The Labute approximate surface area is 284 Å². The molecule has 2 N–H and O–H groups in total. The molecule has 1 aliphatic carbocycles. The van der Waals surface area contributed by atoms with Crippen LogP contribution in [0.5, 0.6) is 0 Å². The zero-order valence-corrected chi connectivity index (χ0v) is 28.3. The van der Waals surface area contributed by atoms with Gasteiger partial charge >= 0.3 is 6.09 Å². The van der Waals surface area contributed by atoms with Gasteiger partial charge in [0, 0.05) is 50.1 Å². The summed E-state index contributed by atoms with van der Waals surface area (Å²) >= 11 is 0. The Kier molecular flexibility index (Phi) is 9.38. The van der Waals surface area contributed by atoms with E-state index in [9.17, 15) is 9.59 Å². The highest BCUT2D eigenvalue weighted by Crippen LogP contribution is 2.48. The molecule has 4 fully saturated rings. The Bertz CT molecular complexity index is 1690. The maximum atomic E-state index is 15.9. The number of alkyl carbamates (subject to hydrolysis) is 1. The van der Waals surface area contributed by atoms with Crippen molar-refractivity contribution in [2.75, 3.05) is 43.7 Å². The van der Waals surface area contributed by atoms with Crippen molar-refractivity contribution in [1.29, 1.82) is 0 Å². The van der Waals surface area contributed by atoms with Gasteiger partial charge < -0.3 is 34.5 Å². The Morgan fingerprint density at radius 1 is 0.918 bits per heavy atom. The zero-order valence-electron chi connectivity index (χ0n) is 28.3. The predicted octanol–water partition coefficient (Wildman–Crippen LogP) is 6.51. The van der Waals surface area contributed by atoms with Crippen molar-refractivity contribution in [1.82, 2.24) is 20.2 Å². The number of H-pyrrole nitrogens is 1. The van der Waals surface area contributed by atoms with Crippen LogP contribution in [0, 0.1) is 23.4 Å². The van der Waals surface area contributed by atoms with Crippen LogP contribution in [0.3, 0.4) is 0 Å². The lowest BCUT2D eigenvalue weighted by Gasteiger charge is -2.34. The number of carbonyl (C=O) groups excluding carboxylic acids is 2. The molecule has 4 heterocycles. The van der Waals surface area contributed by atoms with Crippen molar-refractivity contribution in [3.05, 3.63) is 53.1 Å². The number of likely N-dealkylation sites (tertiary alicyclic amines) is 1. The van der Waals surface area contributed by atoms with Gasteiger partial charge in [-0.25, -0.2) is 22.9 Å². The maximum Gasteiger partial charge on any atom is 0.407 e. The van der Waals surface area contributed by atoms with Crippen molar-refractivity contribution >= 4 is 34.4 Å². The number of piperidine rings is 1. The molecule has 10 nitrogen and oxygen atoms in total. The Morgan fingerprint density at radius 2 is 1.67 bits per heavy atom. The molecule has 1 saturated carbocycles. The van der Waals surface area contributed by atoms with E-state index in [0.717, 1.165) is 44.9 Å². The molecule has 264 valence electrons. The first kappa shape index (κ1) is 33.5. The second kappa shape index (κ2) is 13.7. The molecule has 1 aromatic heterocycles. The first-order chi connectivity index (χ1) is 23.7. The van der Waals surface area contributed by atoms with Gasteiger partial charge in [-0.2, -0.15) is 0 Å². The molecular weight excluding hydrogens is 637 g/mol. The smallest absolute Gasteiger partial charge is 0.407 e. The molecule has 2 amide bonds. The summed E-state index contributed by atoms with van der Waals surface area (Å²) in [7, 11) is 2.73. The summed E-state index contributed by atoms with van der Waals surface area (Å²) in [6.45, 7) is 3.52. The zero-order chi connectivity index (χ0) is 34.4. The number of nitrogens with zero attached hydrogens (tertiary/aromatic N) is 4. The van der Waals surface area contributed by atoms with Crippen LogP contribution in [0.4, 0.5) is 29.3 Å². The van der Waals surface area contributed by atoms with Crippen LogP contribution < -0.4 is 15.1 Å². The third-order valence-corrected chi connectivity index (χ3v) is 11.2. The van der Waals surface area contributed by atoms with Gasteiger partial charge in [0.2, 0.25) is 5.91 Å². The van der Waals surface area contributed by atoms with E-state index >= 15 is 13.2 Å². The molecule has 2 aromatic carbocycles. The van der Waals surface area contributed by atoms with Crippen LogP contribution >= 0.6 is 0 Å². The average molecular weight is 683 g/mol. The number of ether oxygens (including phenoxy) is 2. The van der Waals surface area contributed by atoms with Crippen LogP contribution in [0.25, 0.3) is 11.0 Å². The minimum atomic E-state index is -0.968. The molecule has 3 aromatic rings. The van der Waals surface area contributed by atoms with E-state index in [4.69, 9.17) is 14.5 Å². The highest BCUT2D eigenvalue weighted by Gasteiger charge is 2.50. The summed E-state index contributed by atoms with van der Waals surface area (Å²) in [5.74, 6) is -1.08.